The Bertz CT molecular complexity index is 386. The first-order chi connectivity index (χ1) is 7.04. The van der Waals surface area contributed by atoms with Crippen LogP contribution in [-0.4, -0.2) is 22.8 Å². The van der Waals surface area contributed by atoms with Crippen molar-refractivity contribution in [3.05, 3.63) is 22.8 Å². The molecule has 4 nitrogen and oxygen atoms in total. The monoisotopic (exact) mass is 228 g/mol. The molecule has 1 aliphatic rings. The fourth-order valence-electron chi connectivity index (χ4n) is 1.88. The molecular formula is C10H13ClN2O2. The van der Waals surface area contributed by atoms with Gasteiger partial charge in [-0.3, -0.25) is 0 Å². The summed E-state index contributed by atoms with van der Waals surface area (Å²) in [7, 11) is 0. The molecule has 2 heterocycles. The van der Waals surface area contributed by atoms with E-state index in [1.165, 1.54) is 6.20 Å². The zero-order valence-electron chi connectivity index (χ0n) is 8.40. The molecule has 0 amide bonds. The number of halogens is 1. The molecule has 2 atom stereocenters. The summed E-state index contributed by atoms with van der Waals surface area (Å²) in [6.45, 7) is 2.33. The highest BCUT2D eigenvalue weighted by atomic mass is 35.5. The number of ether oxygens (including phenoxy) is 1. The first-order valence-electron chi connectivity index (χ1n) is 4.79. The van der Waals surface area contributed by atoms with E-state index in [2.05, 4.69) is 4.98 Å². The van der Waals surface area contributed by atoms with Crippen LogP contribution in [0.4, 0.5) is 5.82 Å². The Labute approximate surface area is 93.0 Å². The van der Waals surface area contributed by atoms with E-state index in [1.807, 2.05) is 6.92 Å². The van der Waals surface area contributed by atoms with E-state index in [1.54, 1.807) is 6.07 Å². The molecule has 1 saturated heterocycles. The molecule has 0 bridgehead atoms. The van der Waals surface area contributed by atoms with Crippen molar-refractivity contribution in [1.82, 2.24) is 4.98 Å². The summed E-state index contributed by atoms with van der Waals surface area (Å²) >= 11 is 5.83. The largest absolute Gasteiger partial charge is 0.383 e. The zero-order chi connectivity index (χ0) is 11.1. The van der Waals surface area contributed by atoms with Gasteiger partial charge in [-0.05, 0) is 13.0 Å². The van der Waals surface area contributed by atoms with Crippen molar-refractivity contribution in [2.45, 2.75) is 25.0 Å². The van der Waals surface area contributed by atoms with Crippen molar-refractivity contribution in [2.75, 3.05) is 12.3 Å². The Morgan fingerprint density at radius 2 is 2.47 bits per heavy atom. The van der Waals surface area contributed by atoms with Gasteiger partial charge in [-0.25, -0.2) is 4.98 Å². The maximum Gasteiger partial charge on any atom is 0.129 e. The number of rotatable bonds is 1. The van der Waals surface area contributed by atoms with Crippen molar-refractivity contribution >= 4 is 17.4 Å². The third-order valence-corrected chi connectivity index (χ3v) is 3.08. The van der Waals surface area contributed by atoms with E-state index in [0.29, 0.717) is 29.4 Å². The van der Waals surface area contributed by atoms with Crippen LogP contribution in [0.15, 0.2) is 12.3 Å². The van der Waals surface area contributed by atoms with Crippen LogP contribution in [0.3, 0.4) is 0 Å². The summed E-state index contributed by atoms with van der Waals surface area (Å²) in [4.78, 5) is 3.93. The van der Waals surface area contributed by atoms with Crippen LogP contribution in [0.1, 0.15) is 18.9 Å². The smallest absolute Gasteiger partial charge is 0.129 e. The van der Waals surface area contributed by atoms with Gasteiger partial charge in [0, 0.05) is 18.2 Å². The fourth-order valence-corrected chi connectivity index (χ4v) is 2.04. The molecule has 0 radical (unpaired) electrons. The van der Waals surface area contributed by atoms with E-state index in [9.17, 15) is 5.11 Å². The summed E-state index contributed by atoms with van der Waals surface area (Å²) < 4.78 is 5.34. The van der Waals surface area contributed by atoms with Crippen LogP contribution in [0, 0.1) is 0 Å². The molecule has 0 aliphatic carbocycles. The van der Waals surface area contributed by atoms with Crippen LogP contribution in [0.5, 0.6) is 0 Å². The van der Waals surface area contributed by atoms with Crippen molar-refractivity contribution in [1.29, 1.82) is 0 Å². The summed E-state index contributed by atoms with van der Waals surface area (Å²) in [5.41, 5.74) is 5.22. The third-order valence-electron chi connectivity index (χ3n) is 2.88. The lowest BCUT2D eigenvalue weighted by Crippen LogP contribution is -2.34. The molecule has 82 valence electrons. The number of anilines is 1. The second kappa shape index (κ2) is 3.63. The number of hydrogen-bond donors (Lipinski definition) is 2. The Morgan fingerprint density at radius 3 is 3.07 bits per heavy atom. The molecule has 1 aliphatic heterocycles. The molecule has 1 aromatic rings. The standard InChI is InChI=1S/C10H13ClN2O2/c1-6-10(14,2-3-15-6)8-4-7(11)5-13-9(8)12/h4-6,14H,2-3H2,1H3,(H2,12,13). The topological polar surface area (TPSA) is 68.4 Å². The number of aliphatic hydroxyl groups is 1. The minimum Gasteiger partial charge on any atom is -0.383 e. The van der Waals surface area contributed by atoms with Gasteiger partial charge in [-0.15, -0.1) is 0 Å². The second-order valence-corrected chi connectivity index (χ2v) is 4.21. The predicted molar refractivity (Wildman–Crippen MR) is 57.6 cm³/mol. The van der Waals surface area contributed by atoms with Gasteiger partial charge >= 0.3 is 0 Å². The SMILES string of the molecule is CC1OCCC1(O)c1cc(Cl)cnc1N. The fraction of sp³-hybridized carbons (Fsp3) is 0.500. The number of nitrogen functional groups attached to an aromatic ring is 1. The minimum atomic E-state index is -1.07. The van der Waals surface area contributed by atoms with E-state index < -0.39 is 5.60 Å². The van der Waals surface area contributed by atoms with E-state index in [4.69, 9.17) is 22.1 Å². The van der Waals surface area contributed by atoms with Gasteiger partial charge in [0.05, 0.1) is 17.7 Å². The van der Waals surface area contributed by atoms with Crippen LogP contribution in [0.25, 0.3) is 0 Å². The van der Waals surface area contributed by atoms with Crippen molar-refractivity contribution < 1.29 is 9.84 Å². The quantitative estimate of drug-likeness (QED) is 0.761. The van der Waals surface area contributed by atoms with Crippen LogP contribution in [0.2, 0.25) is 5.02 Å². The maximum atomic E-state index is 10.4. The van der Waals surface area contributed by atoms with Gasteiger partial charge in [0.2, 0.25) is 0 Å². The molecule has 5 heteroatoms. The predicted octanol–water partition coefficient (Wildman–Crippen LogP) is 1.31. The first kappa shape index (κ1) is 10.7. The lowest BCUT2D eigenvalue weighted by atomic mass is 9.88. The highest BCUT2D eigenvalue weighted by Crippen LogP contribution is 2.38. The number of nitrogens with zero attached hydrogens (tertiary/aromatic N) is 1. The Morgan fingerprint density at radius 1 is 1.73 bits per heavy atom. The summed E-state index contributed by atoms with van der Waals surface area (Å²) in [6.07, 6.45) is 1.69. The van der Waals surface area contributed by atoms with Gasteiger partial charge in [-0.1, -0.05) is 11.6 Å². The van der Waals surface area contributed by atoms with Crippen molar-refractivity contribution in [3.8, 4) is 0 Å². The van der Waals surface area contributed by atoms with Crippen LogP contribution >= 0.6 is 11.6 Å². The first-order valence-corrected chi connectivity index (χ1v) is 5.17. The van der Waals surface area contributed by atoms with Crippen LogP contribution < -0.4 is 5.73 Å². The van der Waals surface area contributed by atoms with E-state index >= 15 is 0 Å². The van der Waals surface area contributed by atoms with Crippen molar-refractivity contribution in [3.63, 3.8) is 0 Å². The molecule has 3 N–H and O–H groups in total. The second-order valence-electron chi connectivity index (χ2n) is 3.77. The minimum absolute atomic E-state index is 0.292. The number of hydrogen-bond acceptors (Lipinski definition) is 4. The lowest BCUT2D eigenvalue weighted by Gasteiger charge is -2.27. The molecule has 0 aromatic carbocycles. The maximum absolute atomic E-state index is 10.4. The molecule has 1 fully saturated rings. The molecule has 2 unspecified atom stereocenters. The van der Waals surface area contributed by atoms with Gasteiger partial charge in [0.1, 0.15) is 11.4 Å². The van der Waals surface area contributed by atoms with E-state index in [-0.39, 0.29) is 6.10 Å². The average Bonchev–Trinajstić information content (AvgIpc) is 2.52. The normalized spacial score (nSPS) is 30.7. The zero-order valence-corrected chi connectivity index (χ0v) is 9.16. The summed E-state index contributed by atoms with van der Waals surface area (Å²) in [5, 5.41) is 10.9. The molecule has 2 rings (SSSR count). The van der Waals surface area contributed by atoms with Crippen molar-refractivity contribution in [2.24, 2.45) is 0 Å². The summed E-state index contributed by atoms with van der Waals surface area (Å²) in [6, 6.07) is 1.65. The van der Waals surface area contributed by atoms with Crippen LogP contribution in [-0.2, 0) is 10.3 Å². The highest BCUT2D eigenvalue weighted by Gasteiger charge is 2.42. The molecule has 0 spiro atoms. The van der Waals surface area contributed by atoms with Gasteiger partial charge in [-0.2, -0.15) is 0 Å². The van der Waals surface area contributed by atoms with Gasteiger partial charge in [0.25, 0.3) is 0 Å². The lowest BCUT2D eigenvalue weighted by molar-refractivity contribution is -0.0313. The molecule has 1 aromatic heterocycles. The molecular weight excluding hydrogens is 216 g/mol. The molecule has 15 heavy (non-hydrogen) atoms. The van der Waals surface area contributed by atoms with E-state index in [0.717, 1.165) is 0 Å². The number of aromatic nitrogens is 1. The number of pyridine rings is 1. The summed E-state index contributed by atoms with van der Waals surface area (Å²) in [5.74, 6) is 0.305. The highest BCUT2D eigenvalue weighted by molar-refractivity contribution is 6.30. The Kier molecular flexibility index (Phi) is 2.58. The molecule has 0 saturated carbocycles. The average molecular weight is 229 g/mol. The van der Waals surface area contributed by atoms with Gasteiger partial charge in [0.15, 0.2) is 0 Å². The Balaban J connectivity index is 2.48. The Hall–Kier alpha value is -0.840. The third kappa shape index (κ3) is 1.69. The number of nitrogens with two attached hydrogens (primary N) is 1. The van der Waals surface area contributed by atoms with Gasteiger partial charge < -0.3 is 15.6 Å².